The maximum Gasteiger partial charge on any atom is 0.337 e. The van der Waals surface area contributed by atoms with Crippen LogP contribution in [0.2, 0.25) is 0 Å². The molecule has 0 bridgehead atoms. The Bertz CT molecular complexity index is 571. The number of pyridine rings is 1. The Morgan fingerprint density at radius 3 is 2.90 bits per heavy atom. The summed E-state index contributed by atoms with van der Waals surface area (Å²) in [5.74, 6) is -1.08. The summed E-state index contributed by atoms with van der Waals surface area (Å²) in [5.41, 5.74) is 1.58. The van der Waals surface area contributed by atoms with Gasteiger partial charge in [0.1, 0.15) is 0 Å². The molecule has 2 heterocycles. The number of hydrogen-bond donors (Lipinski definition) is 2. The van der Waals surface area contributed by atoms with Crippen molar-refractivity contribution in [2.24, 2.45) is 0 Å². The largest absolute Gasteiger partial charge is 0.478 e. The SMILES string of the molecule is COCC1=CCN(C(=O)Nc2cncc(C(=O)O)c2)CC1. The van der Waals surface area contributed by atoms with Crippen LogP contribution in [0, 0.1) is 0 Å². The number of hydrogen-bond acceptors (Lipinski definition) is 4. The predicted octanol–water partition coefficient (Wildman–Crippen LogP) is 1.59. The van der Waals surface area contributed by atoms with Crippen molar-refractivity contribution in [3.8, 4) is 0 Å². The zero-order valence-electron chi connectivity index (χ0n) is 11.7. The molecule has 0 unspecified atom stereocenters. The van der Waals surface area contributed by atoms with Crippen LogP contribution in [0.5, 0.6) is 0 Å². The number of amides is 2. The zero-order chi connectivity index (χ0) is 15.2. The molecule has 112 valence electrons. The second-order valence-corrected chi connectivity index (χ2v) is 4.69. The molecule has 2 amide bonds. The lowest BCUT2D eigenvalue weighted by molar-refractivity contribution is 0.0696. The number of carboxylic acids is 1. The topological polar surface area (TPSA) is 91.8 Å². The summed E-state index contributed by atoms with van der Waals surface area (Å²) in [6, 6.07) is 1.11. The van der Waals surface area contributed by atoms with E-state index in [0.717, 1.165) is 6.42 Å². The summed E-state index contributed by atoms with van der Waals surface area (Å²) < 4.78 is 5.06. The van der Waals surface area contributed by atoms with E-state index < -0.39 is 5.97 Å². The number of rotatable bonds is 4. The van der Waals surface area contributed by atoms with Crippen LogP contribution in [0.4, 0.5) is 10.5 Å². The highest BCUT2D eigenvalue weighted by Crippen LogP contribution is 2.14. The molecule has 2 N–H and O–H groups in total. The molecule has 7 nitrogen and oxygen atoms in total. The van der Waals surface area contributed by atoms with Gasteiger partial charge in [0, 0.05) is 26.4 Å². The van der Waals surface area contributed by atoms with Gasteiger partial charge < -0.3 is 20.1 Å². The molecule has 1 aliphatic heterocycles. The number of aromatic nitrogens is 1. The normalized spacial score (nSPS) is 14.5. The van der Waals surface area contributed by atoms with Gasteiger partial charge in [-0.3, -0.25) is 4.98 Å². The average molecular weight is 291 g/mol. The minimum Gasteiger partial charge on any atom is -0.478 e. The molecule has 1 aromatic heterocycles. The van der Waals surface area contributed by atoms with Crippen LogP contribution in [-0.4, -0.2) is 53.8 Å². The first kappa shape index (κ1) is 15.0. The number of anilines is 1. The van der Waals surface area contributed by atoms with Crippen molar-refractivity contribution in [2.75, 3.05) is 32.1 Å². The van der Waals surface area contributed by atoms with Gasteiger partial charge >= 0.3 is 12.0 Å². The lowest BCUT2D eigenvalue weighted by atomic mass is 10.1. The third kappa shape index (κ3) is 4.03. The Labute approximate surface area is 122 Å². The van der Waals surface area contributed by atoms with Gasteiger partial charge in [-0.25, -0.2) is 9.59 Å². The van der Waals surface area contributed by atoms with Crippen LogP contribution in [0.15, 0.2) is 30.1 Å². The third-order valence-corrected chi connectivity index (χ3v) is 3.16. The molecular weight excluding hydrogens is 274 g/mol. The molecule has 0 saturated heterocycles. The predicted molar refractivity (Wildman–Crippen MR) is 76.4 cm³/mol. The quantitative estimate of drug-likeness (QED) is 0.822. The number of aromatic carboxylic acids is 1. The lowest BCUT2D eigenvalue weighted by Crippen LogP contribution is -2.38. The van der Waals surface area contributed by atoms with Crippen molar-refractivity contribution < 1.29 is 19.4 Å². The van der Waals surface area contributed by atoms with E-state index >= 15 is 0 Å². The molecule has 0 saturated carbocycles. The summed E-state index contributed by atoms with van der Waals surface area (Å²) in [7, 11) is 1.64. The summed E-state index contributed by atoms with van der Waals surface area (Å²) >= 11 is 0. The molecule has 0 radical (unpaired) electrons. The molecule has 1 aromatic rings. The van der Waals surface area contributed by atoms with E-state index in [2.05, 4.69) is 10.3 Å². The van der Waals surface area contributed by atoms with E-state index in [1.807, 2.05) is 6.08 Å². The number of nitrogens with zero attached hydrogens (tertiary/aromatic N) is 2. The third-order valence-electron chi connectivity index (χ3n) is 3.16. The Morgan fingerprint density at radius 1 is 1.48 bits per heavy atom. The van der Waals surface area contributed by atoms with Gasteiger partial charge in [0.25, 0.3) is 0 Å². The smallest absolute Gasteiger partial charge is 0.337 e. The van der Waals surface area contributed by atoms with Gasteiger partial charge in [-0.15, -0.1) is 0 Å². The summed E-state index contributed by atoms with van der Waals surface area (Å²) in [4.78, 5) is 28.4. The molecule has 0 aliphatic carbocycles. The molecule has 0 aromatic carbocycles. The van der Waals surface area contributed by atoms with Crippen LogP contribution in [0.3, 0.4) is 0 Å². The fraction of sp³-hybridized carbons (Fsp3) is 0.357. The van der Waals surface area contributed by atoms with E-state index in [-0.39, 0.29) is 11.6 Å². The molecule has 0 spiro atoms. The Kier molecular flexibility index (Phi) is 4.89. The molecule has 0 atom stereocenters. The van der Waals surface area contributed by atoms with Crippen molar-refractivity contribution in [3.63, 3.8) is 0 Å². The summed E-state index contributed by atoms with van der Waals surface area (Å²) in [6.07, 6.45) is 5.40. The maximum absolute atomic E-state index is 12.1. The van der Waals surface area contributed by atoms with Gasteiger partial charge in [-0.1, -0.05) is 6.08 Å². The molecule has 21 heavy (non-hydrogen) atoms. The highest BCUT2D eigenvalue weighted by molar-refractivity contribution is 5.92. The number of methoxy groups -OCH3 is 1. The second kappa shape index (κ2) is 6.85. The van der Waals surface area contributed by atoms with E-state index in [0.29, 0.717) is 25.4 Å². The van der Waals surface area contributed by atoms with Crippen molar-refractivity contribution in [1.29, 1.82) is 0 Å². The number of carbonyl (C=O) groups is 2. The van der Waals surface area contributed by atoms with E-state index in [9.17, 15) is 9.59 Å². The lowest BCUT2D eigenvalue weighted by Gasteiger charge is -2.26. The molecule has 1 aliphatic rings. The summed E-state index contributed by atoms with van der Waals surface area (Å²) in [6.45, 7) is 1.70. The number of urea groups is 1. The monoisotopic (exact) mass is 291 g/mol. The highest BCUT2D eigenvalue weighted by Gasteiger charge is 2.17. The minimum atomic E-state index is -1.08. The Balaban J connectivity index is 1.96. The zero-order valence-corrected chi connectivity index (χ0v) is 11.7. The van der Waals surface area contributed by atoms with Crippen LogP contribution in [0.25, 0.3) is 0 Å². The van der Waals surface area contributed by atoms with Gasteiger partial charge in [-0.05, 0) is 18.1 Å². The average Bonchev–Trinajstić information content (AvgIpc) is 2.48. The van der Waals surface area contributed by atoms with Gasteiger partial charge in [0.2, 0.25) is 0 Å². The fourth-order valence-corrected chi connectivity index (χ4v) is 2.04. The Morgan fingerprint density at radius 2 is 2.29 bits per heavy atom. The van der Waals surface area contributed by atoms with Crippen molar-refractivity contribution in [2.45, 2.75) is 6.42 Å². The van der Waals surface area contributed by atoms with E-state index in [1.165, 1.54) is 24.0 Å². The number of carboxylic acid groups (broad SMARTS) is 1. The molecule has 0 fully saturated rings. The van der Waals surface area contributed by atoms with Crippen molar-refractivity contribution >= 4 is 17.7 Å². The highest BCUT2D eigenvalue weighted by atomic mass is 16.5. The first-order valence-corrected chi connectivity index (χ1v) is 6.51. The van der Waals surface area contributed by atoms with Gasteiger partial charge in [-0.2, -0.15) is 0 Å². The molecular formula is C14H17N3O4. The van der Waals surface area contributed by atoms with Crippen LogP contribution < -0.4 is 5.32 Å². The number of ether oxygens (including phenoxy) is 1. The standard InChI is InChI=1S/C14H17N3O4/c1-21-9-10-2-4-17(5-3-10)14(20)16-12-6-11(13(18)19)7-15-8-12/h2,6-8H,3-5,9H2,1H3,(H,16,20)(H,18,19). The molecule has 7 heteroatoms. The van der Waals surface area contributed by atoms with E-state index in [4.69, 9.17) is 9.84 Å². The number of carbonyl (C=O) groups excluding carboxylic acids is 1. The Hall–Kier alpha value is -2.41. The van der Waals surface area contributed by atoms with Gasteiger partial charge in [0.05, 0.1) is 24.1 Å². The van der Waals surface area contributed by atoms with E-state index in [1.54, 1.807) is 12.0 Å². The fourth-order valence-electron chi connectivity index (χ4n) is 2.04. The molecule has 2 rings (SSSR count). The second-order valence-electron chi connectivity index (χ2n) is 4.69. The van der Waals surface area contributed by atoms with Crippen LogP contribution in [-0.2, 0) is 4.74 Å². The minimum absolute atomic E-state index is 0.0359. The number of nitrogens with one attached hydrogen (secondary N) is 1. The summed E-state index contributed by atoms with van der Waals surface area (Å²) in [5, 5.41) is 11.5. The first-order chi connectivity index (χ1) is 10.1. The van der Waals surface area contributed by atoms with Crippen LogP contribution in [0.1, 0.15) is 16.8 Å². The van der Waals surface area contributed by atoms with Gasteiger partial charge in [0.15, 0.2) is 0 Å². The van der Waals surface area contributed by atoms with Crippen molar-refractivity contribution in [3.05, 3.63) is 35.7 Å². The van der Waals surface area contributed by atoms with Crippen molar-refractivity contribution in [1.82, 2.24) is 9.88 Å². The first-order valence-electron chi connectivity index (χ1n) is 6.51. The maximum atomic E-state index is 12.1. The van der Waals surface area contributed by atoms with Crippen LogP contribution >= 0.6 is 0 Å².